The van der Waals surface area contributed by atoms with Crippen LogP contribution in [0.25, 0.3) is 16.1 Å². The lowest BCUT2D eigenvalue weighted by molar-refractivity contribution is -0.127. The van der Waals surface area contributed by atoms with Gasteiger partial charge in [0.2, 0.25) is 5.91 Å². The minimum atomic E-state index is 0.138. The molecule has 0 radical (unpaired) electrons. The van der Waals surface area contributed by atoms with Crippen molar-refractivity contribution in [3.63, 3.8) is 0 Å². The highest BCUT2D eigenvalue weighted by molar-refractivity contribution is 7.13. The lowest BCUT2D eigenvalue weighted by Gasteiger charge is -2.13. The van der Waals surface area contributed by atoms with Crippen LogP contribution in [0.5, 0.6) is 5.75 Å². The Labute approximate surface area is 144 Å². The summed E-state index contributed by atoms with van der Waals surface area (Å²) >= 11 is 1.68. The van der Waals surface area contributed by atoms with Crippen molar-refractivity contribution in [3.8, 4) is 16.3 Å². The van der Waals surface area contributed by atoms with E-state index in [-0.39, 0.29) is 11.8 Å². The molecule has 1 saturated heterocycles. The normalized spacial score (nSPS) is 17.6. The van der Waals surface area contributed by atoms with Gasteiger partial charge in [0.15, 0.2) is 0 Å². The van der Waals surface area contributed by atoms with E-state index in [1.54, 1.807) is 25.4 Å². The Balaban J connectivity index is 1.83. The molecule has 4 heterocycles. The average molecular weight is 341 g/mol. The number of ether oxygens (including phenoxy) is 1. The van der Waals surface area contributed by atoms with Crippen molar-refractivity contribution in [1.82, 2.24) is 14.3 Å². The predicted molar refractivity (Wildman–Crippen MR) is 94.7 cm³/mol. The number of thiophene rings is 1. The van der Waals surface area contributed by atoms with Crippen molar-refractivity contribution in [2.24, 2.45) is 0 Å². The number of rotatable bonds is 3. The van der Waals surface area contributed by atoms with Gasteiger partial charge in [0.1, 0.15) is 17.3 Å². The van der Waals surface area contributed by atoms with Gasteiger partial charge in [-0.3, -0.25) is 4.79 Å². The molecule has 0 aromatic carbocycles. The van der Waals surface area contributed by atoms with E-state index in [9.17, 15) is 4.79 Å². The molecule has 3 aromatic heterocycles. The second-order valence-corrected chi connectivity index (χ2v) is 7.02. The van der Waals surface area contributed by atoms with Gasteiger partial charge in [-0.25, -0.2) is 4.98 Å². The zero-order chi connectivity index (χ0) is 16.7. The Hall–Kier alpha value is -2.34. The molecule has 1 aliphatic heterocycles. The fourth-order valence-corrected chi connectivity index (χ4v) is 4.08. The van der Waals surface area contributed by atoms with E-state index in [1.165, 1.54) is 0 Å². The summed E-state index contributed by atoms with van der Waals surface area (Å²) in [6.07, 6.45) is 2.97. The van der Waals surface area contributed by atoms with E-state index >= 15 is 0 Å². The summed E-state index contributed by atoms with van der Waals surface area (Å²) in [6, 6.07) is 8.11. The van der Waals surface area contributed by atoms with Gasteiger partial charge in [0.05, 0.1) is 17.5 Å². The van der Waals surface area contributed by atoms with E-state index in [4.69, 9.17) is 9.72 Å². The first kappa shape index (κ1) is 15.2. The number of carbonyl (C=O) groups excluding carboxylic acids is 1. The number of hydrogen-bond donors (Lipinski definition) is 0. The maximum absolute atomic E-state index is 11.6. The molecule has 5 nitrogen and oxygen atoms in total. The van der Waals surface area contributed by atoms with Crippen LogP contribution in [0, 0.1) is 0 Å². The predicted octanol–water partition coefficient (Wildman–Crippen LogP) is 3.41. The minimum absolute atomic E-state index is 0.138. The van der Waals surface area contributed by atoms with Crippen molar-refractivity contribution >= 4 is 22.8 Å². The summed E-state index contributed by atoms with van der Waals surface area (Å²) in [4.78, 5) is 19.7. The van der Waals surface area contributed by atoms with Gasteiger partial charge in [0.25, 0.3) is 0 Å². The number of imidazole rings is 1. The standard InChI is InChI=1S/C18H19N3O2S/c1-12(22)20-7-5-13(11-20)18-19-17(16-4-3-9-24-16)15-10-14(23-2)6-8-21(15)18/h3-4,6,8-10,13H,5,7,11H2,1-2H3. The number of amides is 1. The second-order valence-electron chi connectivity index (χ2n) is 6.07. The molecule has 0 saturated carbocycles. The number of nitrogens with zero attached hydrogens (tertiary/aromatic N) is 3. The molecule has 24 heavy (non-hydrogen) atoms. The van der Waals surface area contributed by atoms with Gasteiger partial charge in [-0.2, -0.15) is 0 Å². The number of methoxy groups -OCH3 is 1. The monoisotopic (exact) mass is 341 g/mol. The van der Waals surface area contributed by atoms with E-state index in [0.717, 1.165) is 47.2 Å². The molecule has 1 aliphatic rings. The molecule has 0 aliphatic carbocycles. The molecule has 6 heteroatoms. The third-order valence-corrected chi connectivity index (χ3v) is 5.51. The maximum Gasteiger partial charge on any atom is 0.219 e. The van der Waals surface area contributed by atoms with Gasteiger partial charge in [-0.05, 0) is 23.9 Å². The van der Waals surface area contributed by atoms with E-state index < -0.39 is 0 Å². The molecular formula is C18H19N3O2S. The molecule has 1 amide bonds. The Morgan fingerprint density at radius 2 is 2.29 bits per heavy atom. The molecule has 0 spiro atoms. The van der Waals surface area contributed by atoms with Crippen LogP contribution >= 0.6 is 11.3 Å². The molecule has 0 bridgehead atoms. The zero-order valence-electron chi connectivity index (χ0n) is 13.7. The summed E-state index contributed by atoms with van der Waals surface area (Å²) in [5, 5.41) is 2.06. The van der Waals surface area contributed by atoms with Crippen LogP contribution < -0.4 is 4.74 Å². The highest BCUT2D eigenvalue weighted by atomic mass is 32.1. The number of pyridine rings is 1. The first-order valence-corrected chi connectivity index (χ1v) is 8.90. The molecule has 1 atom stereocenters. The SMILES string of the molecule is COc1ccn2c(C3CCN(C(C)=O)C3)nc(-c3cccs3)c2c1. The number of fused-ring (bicyclic) bond motifs is 1. The maximum atomic E-state index is 11.6. The molecule has 0 N–H and O–H groups in total. The number of hydrogen-bond acceptors (Lipinski definition) is 4. The Morgan fingerprint density at radius 1 is 1.42 bits per heavy atom. The van der Waals surface area contributed by atoms with E-state index in [2.05, 4.69) is 15.8 Å². The van der Waals surface area contributed by atoms with Gasteiger partial charge in [-0.1, -0.05) is 6.07 Å². The first-order valence-electron chi connectivity index (χ1n) is 8.02. The van der Waals surface area contributed by atoms with Gasteiger partial charge in [-0.15, -0.1) is 11.3 Å². The van der Waals surface area contributed by atoms with Gasteiger partial charge < -0.3 is 14.0 Å². The van der Waals surface area contributed by atoms with Crippen LogP contribution in [-0.2, 0) is 4.79 Å². The lowest BCUT2D eigenvalue weighted by atomic mass is 10.1. The largest absolute Gasteiger partial charge is 0.497 e. The first-order chi connectivity index (χ1) is 11.7. The Bertz CT molecular complexity index is 885. The van der Waals surface area contributed by atoms with Crippen LogP contribution in [0.15, 0.2) is 35.8 Å². The number of likely N-dealkylation sites (tertiary alicyclic amines) is 1. The summed E-state index contributed by atoms with van der Waals surface area (Å²) in [7, 11) is 1.68. The van der Waals surface area contributed by atoms with Crippen LogP contribution in [0.2, 0.25) is 0 Å². The Kier molecular flexibility index (Phi) is 3.76. The Morgan fingerprint density at radius 3 is 2.96 bits per heavy atom. The van der Waals surface area contributed by atoms with E-state index in [1.807, 2.05) is 29.3 Å². The summed E-state index contributed by atoms with van der Waals surface area (Å²) in [5.74, 6) is 2.25. The van der Waals surface area contributed by atoms with Crippen molar-refractivity contribution in [3.05, 3.63) is 41.7 Å². The second kappa shape index (κ2) is 5.94. The third-order valence-electron chi connectivity index (χ3n) is 4.63. The fraction of sp³-hybridized carbons (Fsp3) is 0.333. The zero-order valence-corrected chi connectivity index (χ0v) is 14.5. The topological polar surface area (TPSA) is 46.8 Å². The van der Waals surface area contributed by atoms with Gasteiger partial charge >= 0.3 is 0 Å². The van der Waals surface area contributed by atoms with Gasteiger partial charge in [0, 0.05) is 38.2 Å². The third kappa shape index (κ3) is 2.47. The minimum Gasteiger partial charge on any atom is -0.497 e. The van der Waals surface area contributed by atoms with Crippen molar-refractivity contribution < 1.29 is 9.53 Å². The van der Waals surface area contributed by atoms with Crippen molar-refractivity contribution in [2.75, 3.05) is 20.2 Å². The molecule has 3 aromatic rings. The summed E-state index contributed by atoms with van der Waals surface area (Å²) in [5.41, 5.74) is 2.04. The van der Waals surface area contributed by atoms with Crippen molar-refractivity contribution in [2.45, 2.75) is 19.3 Å². The van der Waals surface area contributed by atoms with Crippen LogP contribution in [-0.4, -0.2) is 40.4 Å². The lowest BCUT2D eigenvalue weighted by Crippen LogP contribution is -2.25. The average Bonchev–Trinajstić information content (AvgIpc) is 3.32. The van der Waals surface area contributed by atoms with Crippen LogP contribution in [0.3, 0.4) is 0 Å². The smallest absolute Gasteiger partial charge is 0.219 e. The van der Waals surface area contributed by atoms with E-state index in [0.29, 0.717) is 0 Å². The molecule has 124 valence electrons. The van der Waals surface area contributed by atoms with Crippen LogP contribution in [0.1, 0.15) is 25.1 Å². The molecule has 1 fully saturated rings. The van der Waals surface area contributed by atoms with Crippen LogP contribution in [0.4, 0.5) is 0 Å². The summed E-state index contributed by atoms with van der Waals surface area (Å²) < 4.78 is 7.53. The number of carbonyl (C=O) groups is 1. The molecule has 1 unspecified atom stereocenters. The highest BCUT2D eigenvalue weighted by Gasteiger charge is 2.29. The highest BCUT2D eigenvalue weighted by Crippen LogP contribution is 2.35. The molecular weight excluding hydrogens is 322 g/mol. The summed E-state index contributed by atoms with van der Waals surface area (Å²) in [6.45, 7) is 3.18. The number of aromatic nitrogens is 2. The fourth-order valence-electron chi connectivity index (χ4n) is 3.36. The molecule has 4 rings (SSSR count). The quantitative estimate of drug-likeness (QED) is 0.733. The van der Waals surface area contributed by atoms with Crippen molar-refractivity contribution in [1.29, 1.82) is 0 Å².